The van der Waals surface area contributed by atoms with E-state index in [0.29, 0.717) is 17.5 Å². The first kappa shape index (κ1) is 17.0. The maximum Gasteiger partial charge on any atom is 0.310 e. The summed E-state index contributed by atoms with van der Waals surface area (Å²) < 4.78 is 5.30. The van der Waals surface area contributed by atoms with E-state index in [0.717, 1.165) is 37.5 Å². The molecule has 1 aromatic rings. The summed E-state index contributed by atoms with van der Waals surface area (Å²) >= 11 is 0. The highest BCUT2D eigenvalue weighted by Crippen LogP contribution is 2.56. The van der Waals surface area contributed by atoms with Crippen LogP contribution in [0.5, 0.6) is 0 Å². The van der Waals surface area contributed by atoms with Crippen LogP contribution in [-0.2, 0) is 14.3 Å². The molecule has 4 aliphatic carbocycles. The lowest BCUT2D eigenvalue weighted by Crippen LogP contribution is -2.48. The molecule has 4 fully saturated rings. The summed E-state index contributed by atoms with van der Waals surface area (Å²) in [4.78, 5) is 34.7. The van der Waals surface area contributed by atoms with E-state index < -0.39 is 10.8 Å². The molecule has 1 N–H and O–H groups in total. The monoisotopic (exact) mass is 358 g/mol. The maximum absolute atomic E-state index is 12.5. The highest BCUT2D eigenvalue weighted by Gasteiger charge is 2.51. The van der Waals surface area contributed by atoms with Crippen molar-refractivity contribution in [2.75, 3.05) is 11.9 Å². The van der Waals surface area contributed by atoms with E-state index in [9.17, 15) is 19.7 Å². The van der Waals surface area contributed by atoms with Crippen LogP contribution >= 0.6 is 0 Å². The first-order valence-corrected chi connectivity index (χ1v) is 9.20. The number of nitrogens with one attached hydrogen (secondary N) is 1. The number of rotatable bonds is 5. The van der Waals surface area contributed by atoms with E-state index in [1.165, 1.54) is 30.7 Å². The maximum atomic E-state index is 12.5. The van der Waals surface area contributed by atoms with Crippen molar-refractivity contribution in [3.05, 3.63) is 34.4 Å². The molecule has 0 heterocycles. The Bertz CT molecular complexity index is 702. The Morgan fingerprint density at radius 3 is 2.15 bits per heavy atom. The zero-order chi connectivity index (χ0) is 18.3. The lowest BCUT2D eigenvalue weighted by molar-refractivity contribution is -0.384. The Kier molecular flexibility index (Phi) is 4.38. The number of amides is 1. The Morgan fingerprint density at radius 1 is 1.04 bits per heavy atom. The number of carbonyl (C=O) groups is 2. The SMILES string of the molecule is O=C(COC(=O)C1C2CC3CC(C2)CC1C3)Nc1ccc([N+](=O)[O-])cc1. The van der Waals surface area contributed by atoms with Gasteiger partial charge in [-0.25, -0.2) is 0 Å². The van der Waals surface area contributed by atoms with Crippen LogP contribution in [0.2, 0.25) is 0 Å². The lowest BCUT2D eigenvalue weighted by Gasteiger charge is -2.53. The fourth-order valence-electron chi connectivity index (χ4n) is 5.41. The second-order valence-electron chi connectivity index (χ2n) is 7.92. The molecule has 0 aliphatic heterocycles. The highest BCUT2D eigenvalue weighted by atomic mass is 16.6. The second-order valence-corrected chi connectivity index (χ2v) is 7.92. The van der Waals surface area contributed by atoms with Crippen LogP contribution in [0.4, 0.5) is 11.4 Å². The standard InChI is InChI=1S/C19H22N2O5/c22-17(20-15-1-3-16(4-2-15)21(24)25)10-26-19(23)18-13-6-11-5-12(8-13)9-14(18)7-11/h1-4,11-14,18H,5-10H2,(H,20,22). The highest BCUT2D eigenvalue weighted by molar-refractivity contribution is 5.93. The van der Waals surface area contributed by atoms with E-state index >= 15 is 0 Å². The Hall–Kier alpha value is -2.44. The molecule has 1 aromatic carbocycles. The van der Waals surface area contributed by atoms with Crippen molar-refractivity contribution >= 4 is 23.3 Å². The van der Waals surface area contributed by atoms with Gasteiger partial charge in [-0.1, -0.05) is 0 Å². The molecular weight excluding hydrogens is 336 g/mol. The fourth-order valence-corrected chi connectivity index (χ4v) is 5.41. The summed E-state index contributed by atoms with van der Waals surface area (Å²) in [5, 5.41) is 13.2. The minimum absolute atomic E-state index is 0.0451. The largest absolute Gasteiger partial charge is 0.455 e. The van der Waals surface area contributed by atoms with Gasteiger partial charge in [0.2, 0.25) is 0 Å². The molecule has 4 bridgehead atoms. The van der Waals surface area contributed by atoms with Crippen LogP contribution in [-0.4, -0.2) is 23.4 Å². The number of ether oxygens (including phenoxy) is 1. The van der Waals surface area contributed by atoms with Gasteiger partial charge in [-0.05, 0) is 67.9 Å². The van der Waals surface area contributed by atoms with Crippen molar-refractivity contribution in [2.45, 2.75) is 32.1 Å². The van der Waals surface area contributed by atoms with Crippen LogP contribution in [0.3, 0.4) is 0 Å². The van der Waals surface area contributed by atoms with Gasteiger partial charge in [0.05, 0.1) is 10.8 Å². The molecule has 138 valence electrons. The molecule has 7 heteroatoms. The van der Waals surface area contributed by atoms with E-state index in [-0.39, 0.29) is 24.2 Å². The minimum Gasteiger partial charge on any atom is -0.455 e. The molecule has 1 amide bonds. The molecule has 26 heavy (non-hydrogen) atoms. The van der Waals surface area contributed by atoms with Gasteiger partial charge in [-0.15, -0.1) is 0 Å². The molecule has 5 rings (SSSR count). The van der Waals surface area contributed by atoms with Crippen LogP contribution in [0.15, 0.2) is 24.3 Å². The quantitative estimate of drug-likeness (QED) is 0.495. The minimum atomic E-state index is -0.502. The van der Waals surface area contributed by atoms with Gasteiger partial charge in [-0.3, -0.25) is 19.7 Å². The van der Waals surface area contributed by atoms with E-state index in [1.54, 1.807) is 0 Å². The second kappa shape index (κ2) is 6.70. The molecular formula is C19H22N2O5. The number of esters is 1. The first-order chi connectivity index (χ1) is 12.5. The third kappa shape index (κ3) is 3.30. The molecule has 0 spiro atoms. The smallest absolute Gasteiger partial charge is 0.310 e. The van der Waals surface area contributed by atoms with E-state index in [4.69, 9.17) is 4.74 Å². The molecule has 0 aromatic heterocycles. The number of carbonyl (C=O) groups excluding carboxylic acids is 2. The first-order valence-electron chi connectivity index (χ1n) is 9.20. The third-order valence-corrected chi connectivity index (χ3v) is 6.21. The Morgan fingerprint density at radius 2 is 1.62 bits per heavy atom. The molecule has 0 radical (unpaired) electrons. The van der Waals surface area contributed by atoms with Crippen molar-refractivity contribution in [3.63, 3.8) is 0 Å². The van der Waals surface area contributed by atoms with E-state index in [2.05, 4.69) is 5.32 Å². The summed E-state index contributed by atoms with van der Waals surface area (Å²) in [6.07, 6.45) is 5.83. The summed E-state index contributed by atoms with van der Waals surface area (Å²) in [6.45, 7) is -0.321. The number of nitrogens with zero attached hydrogens (tertiary/aromatic N) is 1. The van der Waals surface area contributed by atoms with Crippen LogP contribution in [0.1, 0.15) is 32.1 Å². The van der Waals surface area contributed by atoms with Gasteiger partial charge in [0.25, 0.3) is 11.6 Å². The van der Waals surface area contributed by atoms with Gasteiger partial charge in [0.1, 0.15) is 0 Å². The van der Waals surface area contributed by atoms with Gasteiger partial charge < -0.3 is 10.1 Å². The van der Waals surface area contributed by atoms with Crippen molar-refractivity contribution in [1.82, 2.24) is 0 Å². The van der Waals surface area contributed by atoms with Crippen molar-refractivity contribution in [1.29, 1.82) is 0 Å². The van der Waals surface area contributed by atoms with Crippen LogP contribution in [0.25, 0.3) is 0 Å². The molecule has 4 aliphatic rings. The summed E-state index contributed by atoms with van der Waals surface area (Å²) in [7, 11) is 0. The number of nitro benzene ring substituents is 1. The summed E-state index contributed by atoms with van der Waals surface area (Å²) in [6, 6.07) is 5.54. The molecule has 0 saturated heterocycles. The van der Waals surface area contributed by atoms with Gasteiger partial charge in [0, 0.05) is 17.8 Å². The van der Waals surface area contributed by atoms with Gasteiger partial charge in [-0.2, -0.15) is 0 Å². The lowest BCUT2D eigenvalue weighted by atomic mass is 9.52. The number of anilines is 1. The molecule has 7 nitrogen and oxygen atoms in total. The number of benzene rings is 1. The topological polar surface area (TPSA) is 98.5 Å². The number of nitro groups is 1. The van der Waals surface area contributed by atoms with Crippen molar-refractivity contribution in [2.24, 2.45) is 29.6 Å². The van der Waals surface area contributed by atoms with Crippen molar-refractivity contribution in [3.8, 4) is 0 Å². The number of hydrogen-bond donors (Lipinski definition) is 1. The predicted octanol–water partition coefficient (Wildman–Crippen LogP) is 3.15. The Balaban J connectivity index is 1.29. The summed E-state index contributed by atoms with van der Waals surface area (Å²) in [5.41, 5.74) is 0.391. The number of hydrogen-bond acceptors (Lipinski definition) is 5. The van der Waals surface area contributed by atoms with Gasteiger partial charge in [0.15, 0.2) is 6.61 Å². The number of non-ortho nitro benzene ring substituents is 1. The molecule has 4 saturated carbocycles. The van der Waals surface area contributed by atoms with E-state index in [1.807, 2.05) is 0 Å². The average Bonchev–Trinajstić information content (AvgIpc) is 2.59. The van der Waals surface area contributed by atoms with Crippen LogP contribution in [0, 0.1) is 39.7 Å². The predicted molar refractivity (Wildman–Crippen MR) is 93.2 cm³/mol. The third-order valence-electron chi connectivity index (χ3n) is 6.21. The van der Waals surface area contributed by atoms with Crippen molar-refractivity contribution < 1.29 is 19.2 Å². The molecule has 0 atom stereocenters. The average molecular weight is 358 g/mol. The molecule has 0 unspecified atom stereocenters. The zero-order valence-electron chi connectivity index (χ0n) is 14.4. The Labute approximate surface area is 151 Å². The normalized spacial score (nSPS) is 31.5. The van der Waals surface area contributed by atoms with Gasteiger partial charge >= 0.3 is 5.97 Å². The summed E-state index contributed by atoms with van der Waals surface area (Å²) in [5.74, 6) is 1.70. The zero-order valence-corrected chi connectivity index (χ0v) is 14.4. The van der Waals surface area contributed by atoms with Crippen LogP contribution < -0.4 is 5.32 Å². The fraction of sp³-hybridized carbons (Fsp3) is 0.579.